The molecular formula is C60H86BBrO10Si2. The monoisotopic (exact) mass is 1110 g/mol. The van der Waals surface area contributed by atoms with Crippen LogP contribution in [0.1, 0.15) is 110 Å². The maximum absolute atomic E-state index is 13.1. The molecular weight excluding hydrogens is 1030 g/mol. The number of aliphatic hydroxyl groups is 2. The SMILES string of the molecule is CC(C)(C)[Si](C)(C)O[C@H](Cc1ccc(Br)cc1)C(=O)OCc1ccccc1.CC(C)(C)[Si](C)(C)O[C@H](Cc1ccc(C2=CCOCC2)cc1)C(=O)OCc1ccccc1.CC(C)(O)C(C)(C)O.[B]C1=CCOCC1. The first-order chi connectivity index (χ1) is 34.4. The van der Waals surface area contributed by atoms with E-state index in [1.165, 1.54) is 11.1 Å². The molecule has 0 unspecified atom stereocenters. The van der Waals surface area contributed by atoms with E-state index in [0.29, 0.717) is 26.1 Å². The highest BCUT2D eigenvalue weighted by Crippen LogP contribution is 2.39. The topological polar surface area (TPSA) is 130 Å². The lowest BCUT2D eigenvalue weighted by Crippen LogP contribution is -2.47. The molecule has 4 aromatic rings. The van der Waals surface area contributed by atoms with Gasteiger partial charge >= 0.3 is 11.9 Å². The summed E-state index contributed by atoms with van der Waals surface area (Å²) in [5.41, 5.74) is 5.55. The first kappa shape index (κ1) is 64.3. The Kier molecular flexibility index (Phi) is 25.7. The fourth-order valence-corrected chi connectivity index (χ4v) is 9.04. The molecule has 2 heterocycles. The summed E-state index contributed by atoms with van der Waals surface area (Å²) in [5.74, 6) is -0.596. The quantitative estimate of drug-likeness (QED) is 0.0826. The summed E-state index contributed by atoms with van der Waals surface area (Å²) in [5, 5.41) is 18.2. The van der Waals surface area contributed by atoms with Gasteiger partial charge in [0.2, 0.25) is 0 Å². The van der Waals surface area contributed by atoms with Crippen LogP contribution >= 0.6 is 15.9 Å². The summed E-state index contributed by atoms with van der Waals surface area (Å²) in [6.07, 6.45) is 5.67. The van der Waals surface area contributed by atoms with Gasteiger partial charge in [0.1, 0.15) is 33.3 Å². The summed E-state index contributed by atoms with van der Waals surface area (Å²) < 4.78 is 35.7. The number of halogens is 1. The lowest BCUT2D eigenvalue weighted by Gasteiger charge is -2.38. The molecule has 0 aliphatic carbocycles. The van der Waals surface area contributed by atoms with Gasteiger partial charge in [0.05, 0.1) is 31.0 Å². The Labute approximate surface area is 456 Å². The molecule has 4 aromatic carbocycles. The van der Waals surface area contributed by atoms with E-state index in [-0.39, 0.29) is 35.2 Å². The third kappa shape index (κ3) is 23.1. The summed E-state index contributed by atoms with van der Waals surface area (Å²) in [7, 11) is 1.15. The van der Waals surface area contributed by atoms with Gasteiger partial charge in [-0.1, -0.05) is 167 Å². The predicted molar refractivity (Wildman–Crippen MR) is 310 cm³/mol. The minimum atomic E-state index is -2.15. The zero-order valence-electron chi connectivity index (χ0n) is 46.9. The van der Waals surface area contributed by atoms with Crippen molar-refractivity contribution >= 4 is 57.9 Å². The van der Waals surface area contributed by atoms with Crippen LogP contribution < -0.4 is 0 Å². The summed E-state index contributed by atoms with van der Waals surface area (Å²) in [6.45, 7) is 31.5. The van der Waals surface area contributed by atoms with E-state index >= 15 is 0 Å². The van der Waals surface area contributed by atoms with Crippen molar-refractivity contribution in [2.75, 3.05) is 26.4 Å². The third-order valence-electron chi connectivity index (χ3n) is 14.0. The second-order valence-electron chi connectivity index (χ2n) is 22.9. The molecule has 2 N–H and O–H groups in total. The van der Waals surface area contributed by atoms with Gasteiger partial charge in [0.25, 0.3) is 0 Å². The smallest absolute Gasteiger partial charge is 0.334 e. The lowest BCUT2D eigenvalue weighted by atomic mass is 9.90. The molecule has 0 bridgehead atoms. The van der Waals surface area contributed by atoms with Gasteiger partial charge in [-0.3, -0.25) is 0 Å². The molecule has 2 atom stereocenters. The summed E-state index contributed by atoms with van der Waals surface area (Å²) >= 11 is 3.45. The zero-order valence-corrected chi connectivity index (χ0v) is 50.5. The molecule has 0 spiro atoms. The second-order valence-corrected chi connectivity index (χ2v) is 33.4. The molecule has 0 saturated heterocycles. The summed E-state index contributed by atoms with van der Waals surface area (Å²) in [4.78, 5) is 26.0. The molecule has 74 heavy (non-hydrogen) atoms. The highest BCUT2D eigenvalue weighted by molar-refractivity contribution is 9.10. The van der Waals surface area contributed by atoms with Crippen LogP contribution in [0.15, 0.2) is 131 Å². The molecule has 404 valence electrons. The van der Waals surface area contributed by atoms with Gasteiger partial charge in [-0.2, -0.15) is 0 Å². The highest BCUT2D eigenvalue weighted by Gasteiger charge is 2.42. The maximum atomic E-state index is 13.1. The first-order valence-electron chi connectivity index (χ1n) is 25.7. The maximum Gasteiger partial charge on any atom is 0.334 e. The van der Waals surface area contributed by atoms with E-state index in [4.69, 9.17) is 45.9 Å². The number of hydrogen-bond acceptors (Lipinski definition) is 10. The average molecular weight is 1110 g/mol. The Bertz CT molecular complexity index is 2330. The Morgan fingerprint density at radius 2 is 0.946 bits per heavy atom. The summed E-state index contributed by atoms with van der Waals surface area (Å²) in [6, 6.07) is 35.9. The molecule has 10 nitrogen and oxygen atoms in total. The second kappa shape index (κ2) is 29.5. The van der Waals surface area contributed by atoms with Crippen molar-refractivity contribution in [3.05, 3.63) is 159 Å². The molecule has 0 amide bonds. The number of hydrogen-bond donors (Lipinski definition) is 2. The van der Waals surface area contributed by atoms with Crippen LogP contribution in [-0.4, -0.2) is 96.5 Å². The first-order valence-corrected chi connectivity index (χ1v) is 32.3. The van der Waals surface area contributed by atoms with Crippen LogP contribution in [0, 0.1) is 0 Å². The van der Waals surface area contributed by atoms with Crippen LogP contribution in [-0.2, 0) is 63.4 Å². The zero-order chi connectivity index (χ0) is 55.4. The van der Waals surface area contributed by atoms with Gasteiger partial charge in [0, 0.05) is 23.9 Å². The molecule has 0 saturated carbocycles. The molecule has 2 aliphatic rings. The number of carbonyl (C=O) groups excluding carboxylic acids is 2. The van der Waals surface area contributed by atoms with E-state index in [9.17, 15) is 9.59 Å². The minimum Gasteiger partial charge on any atom is -0.459 e. The van der Waals surface area contributed by atoms with Crippen LogP contribution in [0.5, 0.6) is 0 Å². The van der Waals surface area contributed by atoms with E-state index in [1.54, 1.807) is 27.7 Å². The molecule has 2 aliphatic heterocycles. The van der Waals surface area contributed by atoms with Crippen molar-refractivity contribution in [3.63, 3.8) is 0 Å². The average Bonchev–Trinajstić information content (AvgIpc) is 3.33. The number of rotatable bonds is 16. The van der Waals surface area contributed by atoms with Crippen LogP contribution in [0.25, 0.3) is 5.57 Å². The van der Waals surface area contributed by atoms with Crippen molar-refractivity contribution in [2.45, 2.75) is 168 Å². The van der Waals surface area contributed by atoms with Crippen molar-refractivity contribution in [1.82, 2.24) is 0 Å². The predicted octanol–water partition coefficient (Wildman–Crippen LogP) is 13.3. The largest absolute Gasteiger partial charge is 0.459 e. The fraction of sp³-hybridized carbons (Fsp3) is 0.500. The number of carbonyl (C=O) groups is 2. The number of benzene rings is 4. The van der Waals surface area contributed by atoms with Crippen molar-refractivity contribution in [3.8, 4) is 0 Å². The minimum absolute atomic E-state index is 0.00431. The lowest BCUT2D eigenvalue weighted by molar-refractivity contribution is -0.154. The van der Waals surface area contributed by atoms with Crippen LogP contribution in [0.2, 0.25) is 36.3 Å². The molecule has 14 heteroatoms. The highest BCUT2D eigenvalue weighted by atomic mass is 79.9. The standard InChI is InChI=1S/C27H36O4Si.C22H29BrO3Si.C6H14O2.C5H7BO/c1-27(2,3)32(4,5)31-25(26(28)30-20-22-9-7-6-8-10-22)19-21-11-13-23(14-12-21)24-15-17-29-18-16-24;1-22(2,3)27(4,5)26-20(15-17-11-13-19(23)14-12-17)21(24)25-16-18-9-7-6-8-10-18;1-5(2,7)6(3,4)8;6-5-1-3-7-4-2-5/h6-15,25H,16-20H2,1-5H3;6-14,20H,15-16H2,1-5H3;7-8H,1-4H3;1H,2-4H2/t25-;20-;;/m11../s1. The van der Waals surface area contributed by atoms with E-state index < -0.39 is 40.0 Å². The number of ether oxygens (including phenoxy) is 4. The van der Waals surface area contributed by atoms with Gasteiger partial charge in [-0.05, 0) is 122 Å². The van der Waals surface area contributed by atoms with E-state index in [2.05, 4.69) is 114 Å². The third-order valence-corrected chi connectivity index (χ3v) is 23.5. The van der Waals surface area contributed by atoms with Crippen LogP contribution in [0.4, 0.5) is 0 Å². The molecule has 2 radical (unpaired) electrons. The van der Waals surface area contributed by atoms with Gasteiger partial charge in [-0.25, -0.2) is 9.59 Å². The molecule has 0 aromatic heterocycles. The molecule has 6 rings (SSSR count). The Morgan fingerprint density at radius 3 is 1.26 bits per heavy atom. The Hall–Kier alpha value is -3.96. The van der Waals surface area contributed by atoms with Crippen molar-refractivity contribution in [2.24, 2.45) is 0 Å². The van der Waals surface area contributed by atoms with Crippen molar-refractivity contribution < 1.29 is 47.6 Å². The Balaban J connectivity index is 0.000000307. The molecule has 0 fully saturated rings. The van der Waals surface area contributed by atoms with Gasteiger partial charge < -0.3 is 38.0 Å². The van der Waals surface area contributed by atoms with Crippen LogP contribution in [0.3, 0.4) is 0 Å². The van der Waals surface area contributed by atoms with E-state index in [1.807, 2.05) is 91.0 Å². The van der Waals surface area contributed by atoms with Gasteiger partial charge in [-0.15, -0.1) is 5.47 Å². The van der Waals surface area contributed by atoms with E-state index in [0.717, 1.165) is 58.3 Å². The number of esters is 2. The van der Waals surface area contributed by atoms with Gasteiger partial charge in [0.15, 0.2) is 16.6 Å². The Morgan fingerprint density at radius 1 is 0.568 bits per heavy atom. The fourth-order valence-electron chi connectivity index (χ4n) is 6.29. The van der Waals surface area contributed by atoms with Crippen molar-refractivity contribution in [1.29, 1.82) is 0 Å². The normalized spacial score (nSPS) is 15.2.